The maximum atomic E-state index is 12.2. The molecule has 0 radical (unpaired) electrons. The second-order valence-electron chi connectivity index (χ2n) is 8.59. The Morgan fingerprint density at radius 3 is 2.14 bits per heavy atom. The normalized spacial score (nSPS) is 16.8. The molecule has 0 unspecified atom stereocenters. The van der Waals surface area contributed by atoms with Gasteiger partial charge in [-0.05, 0) is 33.6 Å². The van der Waals surface area contributed by atoms with Gasteiger partial charge in [-0.25, -0.2) is 4.79 Å². The third-order valence-electron chi connectivity index (χ3n) is 4.73. The molecule has 0 aromatic rings. The molecule has 1 fully saturated rings. The van der Waals surface area contributed by atoms with E-state index in [1.807, 2.05) is 0 Å². The number of amides is 2. The van der Waals surface area contributed by atoms with Crippen molar-refractivity contribution in [3.8, 4) is 6.07 Å². The number of hydrogen-bond donors (Lipinski definition) is 1. The largest absolute Gasteiger partial charge is 0.444 e. The first-order valence-corrected chi connectivity index (χ1v) is 10.1. The van der Waals surface area contributed by atoms with Crippen LogP contribution < -0.4 is 5.32 Å². The van der Waals surface area contributed by atoms with Crippen LogP contribution in [0.25, 0.3) is 0 Å². The lowest BCUT2D eigenvalue weighted by Gasteiger charge is -2.38. The number of nitrogens with one attached hydrogen (secondary N) is 1. The molecule has 0 aromatic heterocycles. The summed E-state index contributed by atoms with van der Waals surface area (Å²) in [4.78, 5) is 25.8. The van der Waals surface area contributed by atoms with Gasteiger partial charge in [0.25, 0.3) is 0 Å². The molecular formula is C20H32F3N3O3. The Bertz CT molecular complexity index is 586. The van der Waals surface area contributed by atoms with E-state index in [-0.39, 0.29) is 18.7 Å². The number of alkyl halides is 3. The standard InChI is InChI=1S/C20H32F3N3O3/c1-18(2,3)29-17(28)26-13-11-19(15-24,12-14-26)25-16(27)9-7-5-4-6-8-10-20(21,22)23/h4-14H2,1-3H3,(H,25,27). The number of carbonyl (C=O) groups excluding carboxylic acids is 2. The van der Waals surface area contributed by atoms with Crippen LogP contribution in [0.15, 0.2) is 0 Å². The fourth-order valence-corrected chi connectivity index (χ4v) is 3.13. The first kappa shape index (κ1) is 25.1. The topological polar surface area (TPSA) is 82.4 Å². The zero-order valence-corrected chi connectivity index (χ0v) is 17.5. The van der Waals surface area contributed by atoms with Crippen LogP contribution in [0, 0.1) is 11.3 Å². The predicted octanol–water partition coefficient (Wildman–Crippen LogP) is 4.69. The number of ether oxygens (including phenoxy) is 1. The Morgan fingerprint density at radius 1 is 1.07 bits per heavy atom. The van der Waals surface area contributed by atoms with E-state index in [4.69, 9.17) is 4.74 Å². The molecule has 29 heavy (non-hydrogen) atoms. The van der Waals surface area contributed by atoms with Crippen LogP contribution in [0.1, 0.15) is 78.6 Å². The maximum absolute atomic E-state index is 12.2. The van der Waals surface area contributed by atoms with Crippen molar-refractivity contribution < 1.29 is 27.5 Å². The fourth-order valence-electron chi connectivity index (χ4n) is 3.13. The van der Waals surface area contributed by atoms with E-state index < -0.39 is 29.8 Å². The van der Waals surface area contributed by atoms with Crippen molar-refractivity contribution in [3.05, 3.63) is 0 Å². The molecule has 0 atom stereocenters. The van der Waals surface area contributed by atoms with Gasteiger partial charge in [0.2, 0.25) is 5.91 Å². The van der Waals surface area contributed by atoms with E-state index in [0.29, 0.717) is 51.6 Å². The van der Waals surface area contributed by atoms with Crippen LogP contribution in [-0.2, 0) is 9.53 Å². The number of unbranched alkanes of at least 4 members (excludes halogenated alkanes) is 4. The van der Waals surface area contributed by atoms with Crippen LogP contribution in [0.5, 0.6) is 0 Å². The summed E-state index contributed by atoms with van der Waals surface area (Å²) in [5, 5.41) is 12.3. The van der Waals surface area contributed by atoms with Crippen molar-refractivity contribution in [2.45, 2.75) is 95.9 Å². The lowest BCUT2D eigenvalue weighted by Crippen LogP contribution is -2.55. The van der Waals surface area contributed by atoms with E-state index in [9.17, 15) is 28.0 Å². The zero-order valence-electron chi connectivity index (χ0n) is 17.5. The molecule has 2 amide bonds. The summed E-state index contributed by atoms with van der Waals surface area (Å²) in [6, 6.07) is 2.17. The number of rotatable bonds is 8. The molecule has 0 spiro atoms. The Hall–Kier alpha value is -1.98. The number of nitrogens with zero attached hydrogens (tertiary/aromatic N) is 2. The van der Waals surface area contributed by atoms with Crippen molar-refractivity contribution >= 4 is 12.0 Å². The Morgan fingerprint density at radius 2 is 1.62 bits per heavy atom. The third kappa shape index (κ3) is 10.4. The first-order chi connectivity index (χ1) is 13.4. The van der Waals surface area contributed by atoms with Gasteiger partial charge < -0.3 is 15.0 Å². The summed E-state index contributed by atoms with van der Waals surface area (Å²) in [5.41, 5.74) is -1.59. The Balaban J connectivity index is 2.30. The Kier molecular flexibility index (Phi) is 9.24. The molecule has 6 nitrogen and oxygen atoms in total. The summed E-state index contributed by atoms with van der Waals surface area (Å²) in [5.74, 6) is -0.243. The smallest absolute Gasteiger partial charge is 0.410 e. The summed E-state index contributed by atoms with van der Waals surface area (Å²) in [6.07, 6.45) is -1.91. The average Bonchev–Trinajstić information content (AvgIpc) is 2.59. The van der Waals surface area contributed by atoms with Crippen LogP contribution in [0.2, 0.25) is 0 Å². The molecule has 1 N–H and O–H groups in total. The molecule has 1 saturated heterocycles. The quantitative estimate of drug-likeness (QED) is 0.579. The van der Waals surface area contributed by atoms with Gasteiger partial charge in [-0.1, -0.05) is 19.3 Å². The number of carbonyl (C=O) groups is 2. The second-order valence-corrected chi connectivity index (χ2v) is 8.59. The highest BCUT2D eigenvalue weighted by Crippen LogP contribution is 2.25. The number of piperidine rings is 1. The highest BCUT2D eigenvalue weighted by Gasteiger charge is 2.38. The SMILES string of the molecule is CC(C)(C)OC(=O)N1CCC(C#N)(NC(=O)CCCCCCCC(F)(F)F)CC1. The minimum absolute atomic E-state index is 0.112. The molecule has 0 aromatic carbocycles. The van der Waals surface area contributed by atoms with Gasteiger partial charge in [-0.3, -0.25) is 4.79 Å². The molecule has 1 aliphatic heterocycles. The second kappa shape index (κ2) is 10.7. The van der Waals surface area contributed by atoms with E-state index >= 15 is 0 Å². The van der Waals surface area contributed by atoms with Gasteiger partial charge in [0.05, 0.1) is 6.07 Å². The Labute approximate surface area is 170 Å². The molecule has 0 aliphatic carbocycles. The van der Waals surface area contributed by atoms with Crippen molar-refractivity contribution in [2.75, 3.05) is 13.1 Å². The molecule has 1 heterocycles. The third-order valence-corrected chi connectivity index (χ3v) is 4.73. The van der Waals surface area contributed by atoms with Crippen LogP contribution in [-0.4, -0.2) is 47.3 Å². The highest BCUT2D eigenvalue weighted by molar-refractivity contribution is 5.77. The number of likely N-dealkylation sites (tertiary alicyclic amines) is 1. The van der Waals surface area contributed by atoms with Gasteiger partial charge in [-0.2, -0.15) is 18.4 Å². The lowest BCUT2D eigenvalue weighted by atomic mass is 9.89. The molecule has 0 bridgehead atoms. The minimum Gasteiger partial charge on any atom is -0.444 e. The fraction of sp³-hybridized carbons (Fsp3) is 0.850. The highest BCUT2D eigenvalue weighted by atomic mass is 19.4. The zero-order chi connectivity index (χ0) is 22.1. The monoisotopic (exact) mass is 419 g/mol. The molecule has 166 valence electrons. The van der Waals surface area contributed by atoms with Gasteiger partial charge in [0, 0.05) is 38.8 Å². The molecule has 9 heteroatoms. The van der Waals surface area contributed by atoms with E-state index in [1.54, 1.807) is 20.8 Å². The van der Waals surface area contributed by atoms with Crippen molar-refractivity contribution in [2.24, 2.45) is 0 Å². The van der Waals surface area contributed by atoms with Gasteiger partial charge in [0.15, 0.2) is 0 Å². The van der Waals surface area contributed by atoms with Crippen LogP contribution in [0.4, 0.5) is 18.0 Å². The minimum atomic E-state index is -4.11. The number of nitriles is 1. The van der Waals surface area contributed by atoms with Gasteiger partial charge >= 0.3 is 12.3 Å². The van der Waals surface area contributed by atoms with Crippen LogP contribution in [0.3, 0.4) is 0 Å². The average molecular weight is 419 g/mol. The summed E-state index contributed by atoms with van der Waals surface area (Å²) >= 11 is 0. The molecule has 0 saturated carbocycles. The summed E-state index contributed by atoms with van der Waals surface area (Å²) < 4.78 is 41.5. The van der Waals surface area contributed by atoms with Gasteiger partial charge in [0.1, 0.15) is 11.1 Å². The summed E-state index contributed by atoms with van der Waals surface area (Å²) in [6.45, 7) is 5.99. The van der Waals surface area contributed by atoms with Crippen molar-refractivity contribution in [1.29, 1.82) is 5.26 Å². The lowest BCUT2D eigenvalue weighted by molar-refractivity contribution is -0.135. The van der Waals surface area contributed by atoms with E-state index in [0.717, 1.165) is 0 Å². The number of hydrogen-bond acceptors (Lipinski definition) is 4. The van der Waals surface area contributed by atoms with Gasteiger partial charge in [-0.15, -0.1) is 0 Å². The number of halogens is 3. The predicted molar refractivity (Wildman–Crippen MR) is 102 cm³/mol. The molecule has 1 rings (SSSR count). The summed E-state index contributed by atoms with van der Waals surface area (Å²) in [7, 11) is 0. The van der Waals surface area contributed by atoms with Crippen molar-refractivity contribution in [3.63, 3.8) is 0 Å². The van der Waals surface area contributed by atoms with E-state index in [2.05, 4.69) is 11.4 Å². The maximum Gasteiger partial charge on any atom is 0.410 e. The van der Waals surface area contributed by atoms with Crippen molar-refractivity contribution in [1.82, 2.24) is 10.2 Å². The van der Waals surface area contributed by atoms with Crippen LogP contribution >= 0.6 is 0 Å². The molecular weight excluding hydrogens is 387 g/mol. The first-order valence-electron chi connectivity index (χ1n) is 10.1. The van der Waals surface area contributed by atoms with E-state index in [1.165, 1.54) is 4.90 Å². The molecule has 1 aliphatic rings.